The average Bonchev–Trinajstić information content (AvgIpc) is 3.05. The Morgan fingerprint density at radius 3 is 2.66 bits per heavy atom. The second kappa shape index (κ2) is 8.99. The number of esters is 1. The van der Waals surface area contributed by atoms with Crippen molar-refractivity contribution < 1.29 is 9.53 Å². The Labute approximate surface area is 172 Å². The van der Waals surface area contributed by atoms with Gasteiger partial charge in [0.2, 0.25) is 0 Å². The first-order valence-electron chi connectivity index (χ1n) is 9.28. The number of fused-ring (bicyclic) bond motifs is 1. The van der Waals surface area contributed by atoms with E-state index in [9.17, 15) is 9.59 Å². The summed E-state index contributed by atoms with van der Waals surface area (Å²) in [7, 11) is 1.32. The van der Waals surface area contributed by atoms with Crippen LogP contribution in [0.1, 0.15) is 45.5 Å². The fourth-order valence-electron chi connectivity index (χ4n) is 3.24. The predicted octanol–water partition coefficient (Wildman–Crippen LogP) is 3.36. The number of ether oxygens (including phenoxy) is 1. The van der Waals surface area contributed by atoms with E-state index in [1.54, 1.807) is 19.1 Å². The number of carbonyl (C=O) groups excluding carboxylic acids is 1. The topological polar surface area (TPSA) is 99.1 Å². The van der Waals surface area contributed by atoms with Crippen LogP contribution in [0, 0.1) is 18.3 Å². The fraction of sp³-hybridized carbons (Fsp3) is 0.333. The van der Waals surface area contributed by atoms with Gasteiger partial charge in [-0.15, -0.1) is 11.3 Å². The number of hydrogen-bond donors (Lipinski definition) is 1. The molecule has 0 atom stereocenters. The third kappa shape index (κ3) is 4.53. The van der Waals surface area contributed by atoms with Gasteiger partial charge < -0.3 is 9.72 Å². The molecule has 0 radical (unpaired) electrons. The van der Waals surface area contributed by atoms with Gasteiger partial charge in [-0.05, 0) is 43.1 Å². The van der Waals surface area contributed by atoms with Crippen molar-refractivity contribution in [3.05, 3.63) is 62.0 Å². The summed E-state index contributed by atoms with van der Waals surface area (Å²) in [6, 6.07) is 9.59. The number of carbonyl (C=O) groups is 1. The molecule has 0 amide bonds. The van der Waals surface area contributed by atoms with Crippen LogP contribution >= 0.6 is 11.3 Å². The van der Waals surface area contributed by atoms with E-state index >= 15 is 0 Å². The lowest BCUT2D eigenvalue weighted by molar-refractivity contribution is 0.0605. The normalized spacial score (nSPS) is 11.0. The van der Waals surface area contributed by atoms with E-state index in [0.29, 0.717) is 45.1 Å². The zero-order chi connectivity index (χ0) is 21.0. The lowest BCUT2D eigenvalue weighted by atomic mass is 10.1. The minimum atomic E-state index is -0.458. The zero-order valence-corrected chi connectivity index (χ0v) is 17.4. The molecule has 0 unspecified atom stereocenters. The lowest BCUT2D eigenvalue weighted by Crippen LogP contribution is -2.26. The van der Waals surface area contributed by atoms with Crippen molar-refractivity contribution in [3.8, 4) is 6.07 Å². The summed E-state index contributed by atoms with van der Waals surface area (Å²) in [6.45, 7) is 5.81. The maximum atomic E-state index is 12.6. The molecule has 3 rings (SSSR count). The van der Waals surface area contributed by atoms with E-state index in [0.717, 1.165) is 18.5 Å². The van der Waals surface area contributed by atoms with Gasteiger partial charge in [0, 0.05) is 6.54 Å². The SMILES string of the molecule is CCCN(Cc1ccc(C#N)cc1)Cc1nc2sc(C(=O)OC)c(C)c2c(=O)[nH]1. The zero-order valence-electron chi connectivity index (χ0n) is 16.6. The standard InChI is InChI=1S/C21H22N4O3S/c1-4-9-25(11-15-7-5-14(10-22)6-8-15)12-16-23-19(26)17-13(2)18(21(27)28-3)29-20(17)24-16/h5-8H,4,9,11-12H2,1-3H3,(H,23,24,26). The average molecular weight is 410 g/mol. The first-order valence-corrected chi connectivity index (χ1v) is 10.1. The number of benzene rings is 1. The summed E-state index contributed by atoms with van der Waals surface area (Å²) in [5.41, 5.74) is 2.06. The van der Waals surface area contributed by atoms with Crippen LogP contribution in [0.25, 0.3) is 10.2 Å². The molecule has 3 aromatic rings. The van der Waals surface area contributed by atoms with Gasteiger partial charge in [-0.25, -0.2) is 9.78 Å². The molecule has 0 aliphatic carbocycles. The summed E-state index contributed by atoms with van der Waals surface area (Å²) in [6.07, 6.45) is 0.952. The number of thiophene rings is 1. The summed E-state index contributed by atoms with van der Waals surface area (Å²) in [5, 5.41) is 9.38. The minimum absolute atomic E-state index is 0.247. The van der Waals surface area contributed by atoms with Gasteiger partial charge >= 0.3 is 5.97 Å². The van der Waals surface area contributed by atoms with Crippen molar-refractivity contribution >= 4 is 27.5 Å². The fourth-order valence-corrected chi connectivity index (χ4v) is 4.35. The highest BCUT2D eigenvalue weighted by Gasteiger charge is 2.20. The second-order valence-corrected chi connectivity index (χ2v) is 7.76. The number of methoxy groups -OCH3 is 1. The molecule has 8 heteroatoms. The number of H-pyrrole nitrogens is 1. The number of hydrogen-bond acceptors (Lipinski definition) is 7. The van der Waals surface area contributed by atoms with Crippen molar-refractivity contribution in [2.75, 3.05) is 13.7 Å². The second-order valence-electron chi connectivity index (χ2n) is 6.76. The molecule has 150 valence electrons. The van der Waals surface area contributed by atoms with Gasteiger partial charge in [0.1, 0.15) is 15.5 Å². The van der Waals surface area contributed by atoms with Crippen LogP contribution in [0.15, 0.2) is 29.1 Å². The van der Waals surface area contributed by atoms with Crippen molar-refractivity contribution in [3.63, 3.8) is 0 Å². The van der Waals surface area contributed by atoms with Crippen molar-refractivity contribution in [1.29, 1.82) is 5.26 Å². The molecule has 0 spiro atoms. The molecule has 0 bridgehead atoms. The van der Waals surface area contributed by atoms with Crippen LogP contribution in [0.2, 0.25) is 0 Å². The van der Waals surface area contributed by atoms with Crippen LogP contribution in [0.3, 0.4) is 0 Å². The molecule has 2 aromatic heterocycles. The molecule has 7 nitrogen and oxygen atoms in total. The quantitative estimate of drug-likeness (QED) is 0.600. The Hall–Kier alpha value is -3.02. The Kier molecular flexibility index (Phi) is 6.42. The van der Waals surface area contributed by atoms with Crippen LogP contribution in [0.5, 0.6) is 0 Å². The molecule has 0 aliphatic heterocycles. The maximum Gasteiger partial charge on any atom is 0.348 e. The number of nitriles is 1. The Bertz CT molecular complexity index is 1130. The Balaban J connectivity index is 1.88. The lowest BCUT2D eigenvalue weighted by Gasteiger charge is -2.21. The number of rotatable bonds is 7. The highest BCUT2D eigenvalue weighted by molar-refractivity contribution is 7.20. The maximum absolute atomic E-state index is 12.6. The Morgan fingerprint density at radius 2 is 2.03 bits per heavy atom. The molecule has 1 N–H and O–H groups in total. The first-order chi connectivity index (χ1) is 14.0. The molecule has 2 heterocycles. The third-order valence-electron chi connectivity index (χ3n) is 4.62. The van der Waals surface area contributed by atoms with Crippen molar-refractivity contribution in [2.45, 2.75) is 33.4 Å². The molecule has 0 aliphatic rings. The molecule has 0 saturated carbocycles. The third-order valence-corrected chi connectivity index (χ3v) is 5.79. The largest absolute Gasteiger partial charge is 0.465 e. The van der Waals surface area contributed by atoms with Gasteiger partial charge in [-0.1, -0.05) is 19.1 Å². The van der Waals surface area contributed by atoms with Crippen LogP contribution in [0.4, 0.5) is 0 Å². The van der Waals surface area contributed by atoms with E-state index in [1.807, 2.05) is 12.1 Å². The van der Waals surface area contributed by atoms with Crippen LogP contribution < -0.4 is 5.56 Å². The number of nitrogens with one attached hydrogen (secondary N) is 1. The van der Waals surface area contributed by atoms with E-state index < -0.39 is 5.97 Å². The minimum Gasteiger partial charge on any atom is -0.465 e. The van der Waals surface area contributed by atoms with Gasteiger partial charge in [0.05, 0.1) is 30.7 Å². The highest BCUT2D eigenvalue weighted by Crippen LogP contribution is 2.27. The van der Waals surface area contributed by atoms with Crippen molar-refractivity contribution in [2.24, 2.45) is 0 Å². The predicted molar refractivity (Wildman–Crippen MR) is 112 cm³/mol. The van der Waals surface area contributed by atoms with E-state index in [2.05, 4.69) is 27.9 Å². The molecule has 0 fully saturated rings. The summed E-state index contributed by atoms with van der Waals surface area (Å²) >= 11 is 1.18. The number of aromatic nitrogens is 2. The van der Waals surface area contributed by atoms with Gasteiger partial charge in [0.25, 0.3) is 5.56 Å². The molecule has 29 heavy (non-hydrogen) atoms. The first kappa shape index (κ1) is 20.7. The number of aromatic amines is 1. The molecular weight excluding hydrogens is 388 g/mol. The Morgan fingerprint density at radius 1 is 1.31 bits per heavy atom. The monoisotopic (exact) mass is 410 g/mol. The van der Waals surface area contributed by atoms with E-state index in [4.69, 9.17) is 10.00 Å². The van der Waals surface area contributed by atoms with Crippen LogP contribution in [-0.2, 0) is 17.8 Å². The van der Waals surface area contributed by atoms with Gasteiger partial charge in [-0.3, -0.25) is 9.69 Å². The molecule has 0 saturated heterocycles. The van der Waals surface area contributed by atoms with Crippen LogP contribution in [-0.4, -0.2) is 34.5 Å². The van der Waals surface area contributed by atoms with E-state index in [-0.39, 0.29) is 5.56 Å². The van der Waals surface area contributed by atoms with E-state index in [1.165, 1.54) is 18.4 Å². The summed E-state index contributed by atoms with van der Waals surface area (Å²) in [4.78, 5) is 35.1. The number of aryl methyl sites for hydroxylation is 1. The van der Waals surface area contributed by atoms with Crippen molar-refractivity contribution in [1.82, 2.24) is 14.9 Å². The van der Waals surface area contributed by atoms with Gasteiger partial charge in [0.15, 0.2) is 0 Å². The summed E-state index contributed by atoms with van der Waals surface area (Å²) < 4.78 is 4.80. The summed E-state index contributed by atoms with van der Waals surface area (Å²) in [5.74, 6) is 0.0992. The molecular formula is C21H22N4O3S. The van der Waals surface area contributed by atoms with Gasteiger partial charge in [-0.2, -0.15) is 5.26 Å². The molecule has 1 aromatic carbocycles. The highest BCUT2D eigenvalue weighted by atomic mass is 32.1. The smallest absolute Gasteiger partial charge is 0.348 e. The number of nitrogens with zero attached hydrogens (tertiary/aromatic N) is 3.